The van der Waals surface area contributed by atoms with Crippen LogP contribution in [0.3, 0.4) is 0 Å². The van der Waals surface area contributed by atoms with Gasteiger partial charge in [0.05, 0.1) is 0 Å². The topological polar surface area (TPSA) is 26.0 Å². The van der Waals surface area contributed by atoms with Crippen LogP contribution in [-0.2, 0) is 12.8 Å². The maximum atomic E-state index is 5.77. The Morgan fingerprint density at radius 2 is 2.08 bits per heavy atom. The molecule has 2 rings (SSSR count). The Kier molecular flexibility index (Phi) is 2.20. The van der Waals surface area contributed by atoms with Gasteiger partial charge in [-0.2, -0.15) is 0 Å². The van der Waals surface area contributed by atoms with Crippen molar-refractivity contribution in [3.05, 3.63) is 33.8 Å². The van der Waals surface area contributed by atoms with Crippen molar-refractivity contribution in [2.75, 3.05) is 6.54 Å². The van der Waals surface area contributed by atoms with E-state index in [0.717, 1.165) is 19.4 Å². The van der Waals surface area contributed by atoms with Gasteiger partial charge in [0, 0.05) is 4.47 Å². The number of fused-ring (bicyclic) bond motifs is 1. The number of halogens is 1. The quantitative estimate of drug-likeness (QED) is 0.801. The van der Waals surface area contributed by atoms with Crippen molar-refractivity contribution in [2.24, 2.45) is 11.1 Å². The van der Waals surface area contributed by atoms with Gasteiger partial charge < -0.3 is 5.73 Å². The van der Waals surface area contributed by atoms with E-state index in [9.17, 15) is 0 Å². The average Bonchev–Trinajstić information content (AvgIpc) is 2.42. The zero-order chi connectivity index (χ0) is 9.47. The third kappa shape index (κ3) is 1.65. The van der Waals surface area contributed by atoms with Gasteiger partial charge in [-0.1, -0.05) is 28.9 Å². The molecule has 0 fully saturated rings. The zero-order valence-corrected chi connectivity index (χ0v) is 9.39. The lowest BCUT2D eigenvalue weighted by atomic mass is 9.88. The number of rotatable bonds is 1. The normalized spacial score (nSPS) is 26.1. The average molecular weight is 240 g/mol. The van der Waals surface area contributed by atoms with Gasteiger partial charge in [-0.05, 0) is 48.1 Å². The molecular weight excluding hydrogens is 226 g/mol. The molecule has 1 aliphatic rings. The first-order valence-electron chi connectivity index (χ1n) is 4.60. The first-order chi connectivity index (χ1) is 6.13. The Bertz CT molecular complexity index is 335. The summed E-state index contributed by atoms with van der Waals surface area (Å²) >= 11 is 3.49. The molecule has 0 amide bonds. The Labute approximate surface area is 87.5 Å². The van der Waals surface area contributed by atoms with E-state index in [2.05, 4.69) is 41.1 Å². The molecule has 1 aromatic carbocycles. The highest BCUT2D eigenvalue weighted by atomic mass is 79.9. The summed E-state index contributed by atoms with van der Waals surface area (Å²) in [6.07, 6.45) is 2.25. The highest BCUT2D eigenvalue weighted by Crippen LogP contribution is 2.36. The fourth-order valence-electron chi connectivity index (χ4n) is 2.06. The van der Waals surface area contributed by atoms with E-state index in [0.29, 0.717) is 5.41 Å². The lowest BCUT2D eigenvalue weighted by molar-refractivity contribution is 0.359. The Morgan fingerprint density at radius 1 is 1.38 bits per heavy atom. The van der Waals surface area contributed by atoms with E-state index in [-0.39, 0.29) is 0 Å². The van der Waals surface area contributed by atoms with Crippen LogP contribution in [0, 0.1) is 5.41 Å². The molecule has 0 spiro atoms. The van der Waals surface area contributed by atoms with Gasteiger partial charge in [0.1, 0.15) is 0 Å². The Hall–Kier alpha value is -0.340. The summed E-state index contributed by atoms with van der Waals surface area (Å²) in [7, 11) is 0. The van der Waals surface area contributed by atoms with E-state index < -0.39 is 0 Å². The predicted molar refractivity (Wildman–Crippen MR) is 58.7 cm³/mol. The van der Waals surface area contributed by atoms with Gasteiger partial charge in [-0.15, -0.1) is 0 Å². The Morgan fingerprint density at radius 3 is 2.77 bits per heavy atom. The van der Waals surface area contributed by atoms with Crippen LogP contribution in [0.25, 0.3) is 0 Å². The van der Waals surface area contributed by atoms with Crippen LogP contribution in [-0.4, -0.2) is 6.54 Å². The number of hydrogen-bond acceptors (Lipinski definition) is 1. The number of nitrogens with two attached hydrogens (primary N) is 1. The van der Waals surface area contributed by atoms with Crippen LogP contribution in [0.2, 0.25) is 0 Å². The third-order valence-electron chi connectivity index (χ3n) is 2.90. The Balaban J connectivity index is 2.35. The summed E-state index contributed by atoms with van der Waals surface area (Å²) in [5.74, 6) is 0. The van der Waals surface area contributed by atoms with Gasteiger partial charge in [0.2, 0.25) is 0 Å². The lowest BCUT2D eigenvalue weighted by Crippen LogP contribution is -2.27. The van der Waals surface area contributed by atoms with E-state index in [1.54, 1.807) is 0 Å². The lowest BCUT2D eigenvalue weighted by Gasteiger charge is -2.20. The fourth-order valence-corrected chi connectivity index (χ4v) is 2.47. The van der Waals surface area contributed by atoms with E-state index >= 15 is 0 Å². The molecule has 0 saturated heterocycles. The molecule has 1 unspecified atom stereocenters. The molecule has 1 nitrogen and oxygen atoms in total. The van der Waals surface area contributed by atoms with Crippen molar-refractivity contribution in [1.82, 2.24) is 0 Å². The third-order valence-corrected chi connectivity index (χ3v) is 3.39. The minimum Gasteiger partial charge on any atom is -0.330 e. The molecule has 1 atom stereocenters. The summed E-state index contributed by atoms with van der Waals surface area (Å²) in [6.45, 7) is 3.04. The molecule has 0 heterocycles. The highest BCUT2D eigenvalue weighted by molar-refractivity contribution is 9.10. The SMILES string of the molecule is CC1(CN)Cc2ccc(Br)cc2C1. The molecule has 1 aliphatic carbocycles. The fraction of sp³-hybridized carbons (Fsp3) is 0.455. The number of hydrogen-bond donors (Lipinski definition) is 1. The van der Waals surface area contributed by atoms with E-state index in [1.807, 2.05) is 0 Å². The molecular formula is C11H14BrN. The summed E-state index contributed by atoms with van der Waals surface area (Å²) in [5.41, 5.74) is 9.00. The second-order valence-corrected chi connectivity index (χ2v) is 5.20. The summed E-state index contributed by atoms with van der Waals surface area (Å²) < 4.78 is 1.17. The van der Waals surface area contributed by atoms with E-state index in [4.69, 9.17) is 5.73 Å². The van der Waals surface area contributed by atoms with Gasteiger partial charge in [-0.3, -0.25) is 0 Å². The van der Waals surface area contributed by atoms with Crippen LogP contribution in [0.1, 0.15) is 18.1 Å². The number of benzene rings is 1. The largest absolute Gasteiger partial charge is 0.330 e. The summed E-state index contributed by atoms with van der Waals surface area (Å²) in [5, 5.41) is 0. The van der Waals surface area contributed by atoms with E-state index in [1.165, 1.54) is 15.6 Å². The minimum absolute atomic E-state index is 0.295. The molecule has 2 heteroatoms. The van der Waals surface area contributed by atoms with Crippen molar-refractivity contribution >= 4 is 15.9 Å². The summed E-state index contributed by atoms with van der Waals surface area (Å²) in [6, 6.07) is 6.54. The van der Waals surface area contributed by atoms with Crippen molar-refractivity contribution in [2.45, 2.75) is 19.8 Å². The molecule has 0 radical (unpaired) electrons. The molecule has 0 aromatic heterocycles. The van der Waals surface area contributed by atoms with Crippen molar-refractivity contribution < 1.29 is 0 Å². The second-order valence-electron chi connectivity index (χ2n) is 4.28. The van der Waals surface area contributed by atoms with Crippen LogP contribution in [0.15, 0.2) is 22.7 Å². The van der Waals surface area contributed by atoms with Crippen molar-refractivity contribution in [1.29, 1.82) is 0 Å². The molecule has 1 aromatic rings. The first kappa shape index (κ1) is 9.22. The highest BCUT2D eigenvalue weighted by Gasteiger charge is 2.31. The molecule has 0 saturated carbocycles. The molecule has 0 aliphatic heterocycles. The maximum absolute atomic E-state index is 5.77. The van der Waals surface area contributed by atoms with Gasteiger partial charge in [0.25, 0.3) is 0 Å². The van der Waals surface area contributed by atoms with Crippen molar-refractivity contribution in [3.8, 4) is 0 Å². The second kappa shape index (κ2) is 3.10. The molecule has 13 heavy (non-hydrogen) atoms. The monoisotopic (exact) mass is 239 g/mol. The molecule has 0 bridgehead atoms. The standard InChI is InChI=1S/C11H14BrN/c1-11(7-13)5-8-2-3-10(12)4-9(8)6-11/h2-4H,5-7,13H2,1H3. The zero-order valence-electron chi connectivity index (χ0n) is 7.81. The predicted octanol–water partition coefficient (Wildman–Crippen LogP) is 2.51. The van der Waals surface area contributed by atoms with Gasteiger partial charge in [0.15, 0.2) is 0 Å². The smallest absolute Gasteiger partial charge is 0.0178 e. The van der Waals surface area contributed by atoms with Gasteiger partial charge >= 0.3 is 0 Å². The first-order valence-corrected chi connectivity index (χ1v) is 5.40. The molecule has 2 N–H and O–H groups in total. The van der Waals surface area contributed by atoms with Crippen LogP contribution < -0.4 is 5.73 Å². The van der Waals surface area contributed by atoms with Crippen LogP contribution in [0.5, 0.6) is 0 Å². The van der Waals surface area contributed by atoms with Crippen LogP contribution >= 0.6 is 15.9 Å². The maximum Gasteiger partial charge on any atom is 0.0178 e. The van der Waals surface area contributed by atoms with Crippen molar-refractivity contribution in [3.63, 3.8) is 0 Å². The van der Waals surface area contributed by atoms with Gasteiger partial charge in [-0.25, -0.2) is 0 Å². The summed E-state index contributed by atoms with van der Waals surface area (Å²) in [4.78, 5) is 0. The minimum atomic E-state index is 0.295. The van der Waals surface area contributed by atoms with Crippen LogP contribution in [0.4, 0.5) is 0 Å². The molecule has 70 valence electrons.